The van der Waals surface area contributed by atoms with Crippen LogP contribution in [-0.2, 0) is 16.0 Å². The van der Waals surface area contributed by atoms with E-state index in [1.807, 2.05) is 37.3 Å². The Morgan fingerprint density at radius 2 is 1.19 bits per heavy atom. The number of hydrogen-bond acceptors (Lipinski definition) is 2. The molecular formula is C30H34O2. The van der Waals surface area contributed by atoms with Gasteiger partial charge in [-0.15, -0.1) is 0 Å². The molecule has 0 N–H and O–H groups in total. The molecular weight excluding hydrogens is 392 g/mol. The van der Waals surface area contributed by atoms with Gasteiger partial charge in [0, 0.05) is 18.8 Å². The zero-order valence-electron chi connectivity index (χ0n) is 19.1. The number of Topliss-reactive ketones (excluding diaryl/α,β-unsaturated/α-hetero) is 2. The first-order valence-corrected chi connectivity index (χ1v) is 11.9. The summed E-state index contributed by atoms with van der Waals surface area (Å²) >= 11 is 0. The van der Waals surface area contributed by atoms with Gasteiger partial charge in [-0.3, -0.25) is 9.59 Å². The highest BCUT2D eigenvalue weighted by molar-refractivity contribution is 6.02. The monoisotopic (exact) mass is 426 g/mol. The van der Waals surface area contributed by atoms with Crippen LogP contribution in [0.25, 0.3) is 0 Å². The van der Waals surface area contributed by atoms with Gasteiger partial charge >= 0.3 is 0 Å². The van der Waals surface area contributed by atoms with Crippen LogP contribution in [0, 0.1) is 5.92 Å². The summed E-state index contributed by atoms with van der Waals surface area (Å²) in [4.78, 5) is 25.5. The van der Waals surface area contributed by atoms with Gasteiger partial charge in [0.05, 0.1) is 5.92 Å². The lowest BCUT2D eigenvalue weighted by Crippen LogP contribution is -2.24. The summed E-state index contributed by atoms with van der Waals surface area (Å²) in [5, 5.41) is 0. The van der Waals surface area contributed by atoms with Crippen LogP contribution in [0.5, 0.6) is 0 Å². The van der Waals surface area contributed by atoms with Gasteiger partial charge < -0.3 is 0 Å². The smallest absolute Gasteiger partial charge is 0.143 e. The molecule has 32 heavy (non-hydrogen) atoms. The van der Waals surface area contributed by atoms with E-state index in [-0.39, 0.29) is 17.5 Å². The zero-order chi connectivity index (χ0) is 22.6. The maximum atomic E-state index is 13.0. The second-order valence-corrected chi connectivity index (χ2v) is 8.48. The van der Waals surface area contributed by atoms with Crippen molar-refractivity contribution in [3.8, 4) is 0 Å². The number of rotatable bonds is 13. The fourth-order valence-corrected chi connectivity index (χ4v) is 4.45. The number of ketones is 2. The predicted octanol–water partition coefficient (Wildman–Crippen LogP) is 7.18. The van der Waals surface area contributed by atoms with Gasteiger partial charge in [-0.2, -0.15) is 0 Å². The molecule has 0 saturated carbocycles. The Kier molecular flexibility index (Phi) is 9.43. The summed E-state index contributed by atoms with van der Waals surface area (Å²) in [6.07, 6.45) is 5.02. The summed E-state index contributed by atoms with van der Waals surface area (Å²) < 4.78 is 0. The van der Waals surface area contributed by atoms with E-state index in [1.54, 1.807) is 0 Å². The van der Waals surface area contributed by atoms with Crippen LogP contribution < -0.4 is 0 Å². The van der Waals surface area contributed by atoms with Crippen molar-refractivity contribution in [2.75, 3.05) is 0 Å². The van der Waals surface area contributed by atoms with Crippen molar-refractivity contribution >= 4 is 11.6 Å². The van der Waals surface area contributed by atoms with Gasteiger partial charge in [-0.1, -0.05) is 97.9 Å². The van der Waals surface area contributed by atoms with Gasteiger partial charge in [0.15, 0.2) is 0 Å². The van der Waals surface area contributed by atoms with E-state index in [0.717, 1.165) is 25.7 Å². The molecule has 0 aliphatic rings. The Balaban J connectivity index is 1.58. The molecule has 3 aromatic rings. The van der Waals surface area contributed by atoms with Crippen LogP contribution in [0.4, 0.5) is 0 Å². The molecule has 0 aliphatic heterocycles. The molecule has 1 unspecified atom stereocenters. The van der Waals surface area contributed by atoms with Crippen LogP contribution in [0.15, 0.2) is 91.0 Å². The van der Waals surface area contributed by atoms with E-state index in [4.69, 9.17) is 0 Å². The first kappa shape index (κ1) is 23.7. The molecule has 0 saturated heterocycles. The molecule has 0 radical (unpaired) electrons. The second-order valence-electron chi connectivity index (χ2n) is 8.48. The zero-order valence-corrected chi connectivity index (χ0v) is 19.1. The van der Waals surface area contributed by atoms with Crippen molar-refractivity contribution in [1.82, 2.24) is 0 Å². The molecule has 0 aliphatic carbocycles. The molecule has 1 atom stereocenters. The third kappa shape index (κ3) is 7.02. The highest BCUT2D eigenvalue weighted by Crippen LogP contribution is 2.30. The number of carbonyl (C=O) groups is 2. The average molecular weight is 427 g/mol. The normalized spacial score (nSPS) is 11.9. The van der Waals surface area contributed by atoms with Crippen LogP contribution in [0.1, 0.15) is 68.1 Å². The number of aryl methyl sites for hydroxylation is 1. The summed E-state index contributed by atoms with van der Waals surface area (Å²) in [7, 11) is 0. The average Bonchev–Trinajstić information content (AvgIpc) is 2.85. The molecule has 0 amide bonds. The van der Waals surface area contributed by atoms with Gasteiger partial charge in [0.25, 0.3) is 0 Å². The lowest BCUT2D eigenvalue weighted by Gasteiger charge is -2.19. The highest BCUT2D eigenvalue weighted by Gasteiger charge is 2.24. The largest absolute Gasteiger partial charge is 0.299 e. The van der Waals surface area contributed by atoms with Crippen molar-refractivity contribution in [3.63, 3.8) is 0 Å². The van der Waals surface area contributed by atoms with Gasteiger partial charge in [0.1, 0.15) is 11.6 Å². The summed E-state index contributed by atoms with van der Waals surface area (Å²) in [6, 6.07) is 31.3. The van der Waals surface area contributed by atoms with Crippen LogP contribution >= 0.6 is 0 Å². The predicted molar refractivity (Wildman–Crippen MR) is 132 cm³/mol. The van der Waals surface area contributed by atoms with Crippen molar-refractivity contribution in [1.29, 1.82) is 0 Å². The minimum absolute atomic E-state index is 0.0886. The molecule has 0 bridgehead atoms. The van der Waals surface area contributed by atoms with Crippen LogP contribution in [0.2, 0.25) is 0 Å². The molecule has 3 rings (SSSR count). The van der Waals surface area contributed by atoms with E-state index in [2.05, 4.69) is 60.7 Å². The van der Waals surface area contributed by atoms with Crippen molar-refractivity contribution < 1.29 is 9.59 Å². The maximum absolute atomic E-state index is 13.0. The summed E-state index contributed by atoms with van der Waals surface area (Å²) in [6.45, 7) is 1.86. The Hall–Kier alpha value is -3.00. The second kappa shape index (κ2) is 12.8. The number of carbonyl (C=O) groups excluding carboxylic acids is 2. The van der Waals surface area contributed by atoms with Crippen LogP contribution in [-0.4, -0.2) is 11.6 Å². The molecule has 3 aromatic carbocycles. The third-order valence-corrected chi connectivity index (χ3v) is 6.25. The van der Waals surface area contributed by atoms with E-state index in [9.17, 15) is 9.59 Å². The van der Waals surface area contributed by atoms with E-state index >= 15 is 0 Å². The minimum Gasteiger partial charge on any atom is -0.299 e. The minimum atomic E-state index is -0.449. The highest BCUT2D eigenvalue weighted by atomic mass is 16.1. The topological polar surface area (TPSA) is 34.1 Å². The van der Waals surface area contributed by atoms with Gasteiger partial charge in [0.2, 0.25) is 0 Å². The summed E-state index contributed by atoms with van der Waals surface area (Å²) in [5.41, 5.74) is 3.81. The summed E-state index contributed by atoms with van der Waals surface area (Å²) in [5.74, 6) is 0.0229. The fourth-order valence-electron chi connectivity index (χ4n) is 4.45. The Labute approximate surface area is 192 Å². The van der Waals surface area contributed by atoms with Gasteiger partial charge in [-0.25, -0.2) is 0 Å². The van der Waals surface area contributed by atoms with Crippen molar-refractivity contribution in [3.05, 3.63) is 108 Å². The first-order valence-electron chi connectivity index (χ1n) is 11.9. The Morgan fingerprint density at radius 3 is 1.72 bits per heavy atom. The molecule has 2 heteroatoms. The lowest BCUT2D eigenvalue weighted by molar-refractivity contribution is -0.133. The SMILES string of the molecule is CCC(=O)C(CCCc1ccccc1)C(=O)CCCC(c1ccccc1)c1ccccc1. The molecule has 0 aromatic heterocycles. The third-order valence-electron chi connectivity index (χ3n) is 6.25. The lowest BCUT2D eigenvalue weighted by atomic mass is 9.84. The molecule has 0 heterocycles. The Morgan fingerprint density at radius 1 is 0.656 bits per heavy atom. The fraction of sp³-hybridized carbons (Fsp3) is 0.333. The Bertz CT molecular complexity index is 908. The van der Waals surface area contributed by atoms with E-state index in [0.29, 0.717) is 19.3 Å². The van der Waals surface area contributed by atoms with Crippen molar-refractivity contribution in [2.24, 2.45) is 5.92 Å². The number of benzene rings is 3. The first-order chi connectivity index (χ1) is 15.7. The molecule has 0 fully saturated rings. The quantitative estimate of drug-likeness (QED) is 0.271. The standard InChI is InChI=1S/C30H34O2/c1-2-29(31)28(22-12-16-24-14-6-3-7-15-24)30(32)23-13-21-27(25-17-8-4-9-18-25)26-19-10-5-11-20-26/h3-11,14-15,17-20,27-28H,2,12-13,16,21-23H2,1H3. The van der Waals surface area contributed by atoms with Gasteiger partial charge in [-0.05, 0) is 48.8 Å². The molecule has 0 spiro atoms. The number of hydrogen-bond donors (Lipinski definition) is 0. The van der Waals surface area contributed by atoms with E-state index < -0.39 is 5.92 Å². The molecule has 166 valence electrons. The maximum Gasteiger partial charge on any atom is 0.143 e. The van der Waals surface area contributed by atoms with Crippen molar-refractivity contribution in [2.45, 2.75) is 57.8 Å². The van der Waals surface area contributed by atoms with Crippen LogP contribution in [0.3, 0.4) is 0 Å². The van der Waals surface area contributed by atoms with E-state index in [1.165, 1.54) is 16.7 Å². The molecule has 2 nitrogen and oxygen atoms in total.